The zero-order chi connectivity index (χ0) is 15.0. The molecule has 0 atom stereocenters. The number of amides is 1. The summed E-state index contributed by atoms with van der Waals surface area (Å²) >= 11 is 0. The number of nitrogens with zero attached hydrogens (tertiary/aromatic N) is 1. The Balaban J connectivity index is 1.81. The van der Waals surface area contributed by atoms with E-state index in [9.17, 15) is 14.7 Å². The molecular formula is C16H15NO4. The molecule has 108 valence electrons. The Bertz CT molecular complexity index is 703. The van der Waals surface area contributed by atoms with Crippen LogP contribution in [0.25, 0.3) is 0 Å². The molecule has 0 fully saturated rings. The third kappa shape index (κ3) is 2.31. The van der Waals surface area contributed by atoms with E-state index in [-0.39, 0.29) is 29.5 Å². The highest BCUT2D eigenvalue weighted by molar-refractivity contribution is 6.04. The molecule has 1 aromatic heterocycles. The summed E-state index contributed by atoms with van der Waals surface area (Å²) in [6, 6.07) is 8.86. The third-order valence-electron chi connectivity index (χ3n) is 3.67. The highest BCUT2D eigenvalue weighted by atomic mass is 16.4. The number of aryl methyl sites for hydroxylation is 1. The van der Waals surface area contributed by atoms with Gasteiger partial charge in [0.15, 0.2) is 11.5 Å². The van der Waals surface area contributed by atoms with Crippen molar-refractivity contribution in [1.29, 1.82) is 0 Å². The number of hydrogen-bond acceptors (Lipinski definition) is 4. The van der Waals surface area contributed by atoms with Crippen molar-refractivity contribution in [2.75, 3.05) is 13.1 Å². The standard InChI is InChI=1S/C16H15NO4/c1-10-15(19)14-13(21-10)7-8-17(16(14)20)9-12(18)11-5-3-2-4-6-11/h2-6,19H,7-9H2,1H3. The van der Waals surface area contributed by atoms with Crippen molar-refractivity contribution in [3.8, 4) is 5.75 Å². The van der Waals surface area contributed by atoms with Crippen LogP contribution in [0, 0.1) is 6.92 Å². The number of rotatable bonds is 3. The lowest BCUT2D eigenvalue weighted by Crippen LogP contribution is -2.40. The average Bonchev–Trinajstić information content (AvgIpc) is 2.79. The minimum atomic E-state index is -0.352. The van der Waals surface area contributed by atoms with Crippen molar-refractivity contribution in [3.63, 3.8) is 0 Å². The Morgan fingerprint density at radius 3 is 2.76 bits per heavy atom. The van der Waals surface area contributed by atoms with Crippen LogP contribution < -0.4 is 0 Å². The van der Waals surface area contributed by atoms with Crippen LogP contribution >= 0.6 is 0 Å². The van der Waals surface area contributed by atoms with Crippen molar-refractivity contribution in [1.82, 2.24) is 4.90 Å². The van der Waals surface area contributed by atoms with Crippen molar-refractivity contribution in [2.45, 2.75) is 13.3 Å². The SMILES string of the molecule is Cc1oc2c(c1O)C(=O)N(CC(=O)c1ccccc1)CC2. The maximum Gasteiger partial charge on any atom is 0.261 e. The van der Waals surface area contributed by atoms with E-state index >= 15 is 0 Å². The number of benzene rings is 1. The second kappa shape index (κ2) is 5.09. The van der Waals surface area contributed by atoms with Gasteiger partial charge in [0.2, 0.25) is 0 Å². The Morgan fingerprint density at radius 2 is 2.05 bits per heavy atom. The second-order valence-electron chi connectivity index (χ2n) is 5.07. The van der Waals surface area contributed by atoms with Gasteiger partial charge in [-0.05, 0) is 6.92 Å². The van der Waals surface area contributed by atoms with Crippen LogP contribution in [0.15, 0.2) is 34.7 Å². The van der Waals surface area contributed by atoms with Gasteiger partial charge in [0.25, 0.3) is 5.91 Å². The largest absolute Gasteiger partial charge is 0.504 e. The molecule has 0 aliphatic carbocycles. The van der Waals surface area contributed by atoms with Gasteiger partial charge in [-0.15, -0.1) is 0 Å². The summed E-state index contributed by atoms with van der Waals surface area (Å²) < 4.78 is 5.36. The van der Waals surface area contributed by atoms with Gasteiger partial charge < -0.3 is 14.4 Å². The van der Waals surface area contributed by atoms with Crippen molar-refractivity contribution in [2.24, 2.45) is 0 Å². The predicted octanol–water partition coefficient (Wildman–Crippen LogP) is 2.17. The number of aromatic hydroxyl groups is 1. The predicted molar refractivity (Wildman–Crippen MR) is 75.5 cm³/mol. The molecule has 1 aromatic carbocycles. The fourth-order valence-electron chi connectivity index (χ4n) is 2.52. The highest BCUT2D eigenvalue weighted by Gasteiger charge is 2.32. The van der Waals surface area contributed by atoms with Gasteiger partial charge in [-0.3, -0.25) is 9.59 Å². The molecule has 1 aliphatic heterocycles. The molecule has 0 saturated heterocycles. The summed E-state index contributed by atoms with van der Waals surface area (Å²) in [5, 5.41) is 9.90. The number of carbonyl (C=O) groups is 2. The smallest absolute Gasteiger partial charge is 0.261 e. The number of carbonyl (C=O) groups excluding carboxylic acids is 2. The van der Waals surface area contributed by atoms with E-state index in [1.807, 2.05) is 6.07 Å². The molecule has 1 N–H and O–H groups in total. The first-order valence-corrected chi connectivity index (χ1v) is 6.76. The lowest BCUT2D eigenvalue weighted by molar-refractivity contribution is 0.0687. The summed E-state index contributed by atoms with van der Waals surface area (Å²) in [7, 11) is 0. The van der Waals surface area contributed by atoms with Crippen LogP contribution in [-0.4, -0.2) is 34.8 Å². The zero-order valence-electron chi connectivity index (χ0n) is 11.6. The summed E-state index contributed by atoms with van der Waals surface area (Å²) in [6.07, 6.45) is 0.505. The monoisotopic (exact) mass is 285 g/mol. The van der Waals surface area contributed by atoms with Crippen LogP contribution in [-0.2, 0) is 6.42 Å². The van der Waals surface area contributed by atoms with Gasteiger partial charge in [-0.2, -0.15) is 0 Å². The first-order valence-electron chi connectivity index (χ1n) is 6.76. The summed E-state index contributed by atoms with van der Waals surface area (Å²) in [6.45, 7) is 2.03. The first-order chi connectivity index (χ1) is 10.1. The lowest BCUT2D eigenvalue weighted by atomic mass is 10.0. The summed E-state index contributed by atoms with van der Waals surface area (Å²) in [4.78, 5) is 26.0. The Morgan fingerprint density at radius 1 is 1.33 bits per heavy atom. The van der Waals surface area contributed by atoms with Crippen molar-refractivity contribution >= 4 is 11.7 Å². The lowest BCUT2D eigenvalue weighted by Gasteiger charge is -2.25. The van der Waals surface area contributed by atoms with E-state index in [0.717, 1.165) is 0 Å². The molecular weight excluding hydrogens is 270 g/mol. The van der Waals surface area contributed by atoms with Crippen LogP contribution in [0.5, 0.6) is 5.75 Å². The van der Waals surface area contributed by atoms with Gasteiger partial charge in [0.05, 0.1) is 6.54 Å². The van der Waals surface area contributed by atoms with Gasteiger partial charge >= 0.3 is 0 Å². The van der Waals surface area contributed by atoms with Crippen molar-refractivity contribution < 1.29 is 19.1 Å². The fraction of sp³-hybridized carbons (Fsp3) is 0.250. The number of fused-ring (bicyclic) bond motifs is 1. The molecule has 2 heterocycles. The topological polar surface area (TPSA) is 70.8 Å². The van der Waals surface area contributed by atoms with E-state index in [1.54, 1.807) is 31.2 Å². The maximum atomic E-state index is 12.4. The Labute approximate surface area is 121 Å². The molecule has 2 aromatic rings. The van der Waals surface area contributed by atoms with Crippen molar-refractivity contribution in [3.05, 3.63) is 53.0 Å². The molecule has 0 bridgehead atoms. The van der Waals surface area contributed by atoms with Crippen LogP contribution in [0.2, 0.25) is 0 Å². The minimum absolute atomic E-state index is 0.00591. The molecule has 1 amide bonds. The third-order valence-corrected chi connectivity index (χ3v) is 3.67. The normalized spacial score (nSPS) is 14.1. The molecule has 1 aliphatic rings. The van der Waals surface area contributed by atoms with E-state index in [1.165, 1.54) is 4.90 Å². The Hall–Kier alpha value is -2.56. The summed E-state index contributed by atoms with van der Waals surface area (Å²) in [5.74, 6) is 0.247. The molecule has 5 nitrogen and oxygen atoms in total. The van der Waals surface area contributed by atoms with Gasteiger partial charge in [-0.1, -0.05) is 30.3 Å². The second-order valence-corrected chi connectivity index (χ2v) is 5.07. The molecule has 21 heavy (non-hydrogen) atoms. The van der Waals surface area contributed by atoms with Crippen LogP contribution in [0.3, 0.4) is 0 Å². The number of ketones is 1. The fourth-order valence-corrected chi connectivity index (χ4v) is 2.52. The molecule has 5 heteroatoms. The van der Waals surface area contributed by atoms with E-state index in [2.05, 4.69) is 0 Å². The molecule has 0 radical (unpaired) electrons. The molecule has 0 spiro atoms. The van der Waals surface area contributed by atoms with Gasteiger partial charge in [0, 0.05) is 18.5 Å². The van der Waals surface area contributed by atoms with Crippen LogP contribution in [0.1, 0.15) is 32.2 Å². The van der Waals surface area contributed by atoms with Gasteiger partial charge in [-0.25, -0.2) is 0 Å². The van der Waals surface area contributed by atoms with Gasteiger partial charge in [0.1, 0.15) is 17.1 Å². The van der Waals surface area contributed by atoms with Crippen LogP contribution in [0.4, 0.5) is 0 Å². The van der Waals surface area contributed by atoms with E-state index in [0.29, 0.717) is 30.0 Å². The summed E-state index contributed by atoms with van der Waals surface area (Å²) in [5.41, 5.74) is 0.767. The first kappa shape index (κ1) is 13.4. The quantitative estimate of drug-likeness (QED) is 0.877. The number of Topliss-reactive ketones (excluding diaryl/α,β-unsaturated/α-hetero) is 1. The average molecular weight is 285 g/mol. The maximum absolute atomic E-state index is 12.4. The number of furan rings is 1. The Kier molecular flexibility index (Phi) is 3.25. The molecule has 0 unspecified atom stereocenters. The van der Waals surface area contributed by atoms with E-state index < -0.39 is 0 Å². The zero-order valence-corrected chi connectivity index (χ0v) is 11.6. The van der Waals surface area contributed by atoms with E-state index in [4.69, 9.17) is 4.42 Å². The molecule has 3 rings (SSSR count). The molecule has 0 saturated carbocycles. The highest BCUT2D eigenvalue weighted by Crippen LogP contribution is 2.32. The minimum Gasteiger partial charge on any atom is -0.504 e. The number of hydrogen-bond donors (Lipinski definition) is 1.